The van der Waals surface area contributed by atoms with E-state index in [2.05, 4.69) is 11.9 Å². The first-order valence-corrected chi connectivity index (χ1v) is 11.2. The first-order chi connectivity index (χ1) is 14.0. The number of nitrogens with one attached hydrogen (secondary N) is 1. The molecule has 1 saturated carbocycles. The molecule has 1 aliphatic carbocycles. The maximum absolute atomic E-state index is 13.4. The Balaban J connectivity index is 1.87. The van der Waals surface area contributed by atoms with E-state index in [1.807, 2.05) is 6.92 Å². The molecule has 1 aliphatic rings. The van der Waals surface area contributed by atoms with E-state index in [1.165, 1.54) is 12.1 Å². The Morgan fingerprint density at radius 2 is 1.83 bits per heavy atom. The van der Waals surface area contributed by atoms with E-state index in [0.717, 1.165) is 24.5 Å². The Hall–Kier alpha value is -2.32. The summed E-state index contributed by atoms with van der Waals surface area (Å²) in [6, 6.07) is 4.91. The number of sulfone groups is 1. The highest BCUT2D eigenvalue weighted by atomic mass is 35.5. The molecule has 9 heteroatoms. The first kappa shape index (κ1) is 22.4. The fourth-order valence-electron chi connectivity index (χ4n) is 3.52. The summed E-state index contributed by atoms with van der Waals surface area (Å²) in [5.74, 6) is -5.62. The zero-order valence-electron chi connectivity index (χ0n) is 16.0. The van der Waals surface area contributed by atoms with Gasteiger partial charge in [-0.05, 0) is 42.9 Å². The lowest BCUT2D eigenvalue weighted by atomic mass is 9.98. The van der Waals surface area contributed by atoms with Gasteiger partial charge in [-0.15, -0.1) is 0 Å². The van der Waals surface area contributed by atoms with Gasteiger partial charge < -0.3 is 5.32 Å². The van der Waals surface area contributed by atoms with Crippen LogP contribution in [0.5, 0.6) is 0 Å². The molecule has 1 fully saturated rings. The highest BCUT2D eigenvalue weighted by molar-refractivity contribution is 7.91. The lowest BCUT2D eigenvalue weighted by Crippen LogP contribution is -2.20. The Bertz CT molecular complexity index is 1110. The van der Waals surface area contributed by atoms with Crippen molar-refractivity contribution in [2.24, 2.45) is 11.8 Å². The Labute approximate surface area is 177 Å². The summed E-state index contributed by atoms with van der Waals surface area (Å²) < 4.78 is 65.7. The molecule has 2 aromatic rings. The van der Waals surface area contributed by atoms with Crippen molar-refractivity contribution in [2.75, 3.05) is 11.1 Å². The Morgan fingerprint density at radius 3 is 2.40 bits per heavy atom. The van der Waals surface area contributed by atoms with Crippen LogP contribution in [0.4, 0.5) is 18.9 Å². The normalized spacial score (nSPS) is 19.2. The number of anilines is 1. The molecule has 1 unspecified atom stereocenters. The second-order valence-corrected chi connectivity index (χ2v) is 9.83. The van der Waals surface area contributed by atoms with Gasteiger partial charge in [0, 0.05) is 23.4 Å². The average molecular weight is 458 g/mol. The Kier molecular flexibility index (Phi) is 6.29. The van der Waals surface area contributed by atoms with E-state index in [1.54, 1.807) is 0 Å². The van der Waals surface area contributed by atoms with Gasteiger partial charge in [0.1, 0.15) is 0 Å². The topological polar surface area (TPSA) is 63.2 Å². The largest absolute Gasteiger partial charge is 0.322 e. The predicted octanol–water partition coefficient (Wildman–Crippen LogP) is 5.39. The van der Waals surface area contributed by atoms with Crippen LogP contribution in [0.25, 0.3) is 0 Å². The van der Waals surface area contributed by atoms with Crippen LogP contribution in [0.3, 0.4) is 0 Å². The quantitative estimate of drug-likeness (QED) is 0.484. The fourth-order valence-corrected chi connectivity index (χ4v) is 5.88. The van der Waals surface area contributed by atoms with Crippen molar-refractivity contribution in [3.05, 3.63) is 70.5 Å². The second-order valence-electron chi connectivity index (χ2n) is 7.42. The smallest absolute Gasteiger partial charge is 0.255 e. The zero-order valence-corrected chi connectivity index (χ0v) is 17.6. The standard InChI is InChI=1S/C21H19ClF3NO3S/c1-11-3-4-12(2)15(11)10-30(28,29)19-7-13(5-6-16(19)22)21(27)26-14-8-17(23)20(25)18(24)9-14/h5-9,12,15H,1,3-4,10H2,2H3,(H,26,27)/t12?,15-/m1/s1. The van der Waals surface area contributed by atoms with E-state index < -0.39 is 33.2 Å². The third-order valence-electron chi connectivity index (χ3n) is 5.30. The average Bonchev–Trinajstić information content (AvgIpc) is 2.97. The lowest BCUT2D eigenvalue weighted by molar-refractivity contribution is 0.102. The minimum atomic E-state index is -3.83. The molecule has 4 nitrogen and oxygen atoms in total. The van der Waals surface area contributed by atoms with Crippen LogP contribution in [0.2, 0.25) is 5.02 Å². The number of allylic oxidation sites excluding steroid dienone is 1. The van der Waals surface area contributed by atoms with Crippen molar-refractivity contribution < 1.29 is 26.4 Å². The summed E-state index contributed by atoms with van der Waals surface area (Å²) in [7, 11) is -3.83. The van der Waals surface area contributed by atoms with Crippen LogP contribution in [0.1, 0.15) is 30.1 Å². The molecule has 1 N–H and O–H groups in total. The van der Waals surface area contributed by atoms with E-state index in [9.17, 15) is 26.4 Å². The van der Waals surface area contributed by atoms with Crippen LogP contribution >= 0.6 is 11.6 Å². The van der Waals surface area contributed by atoms with E-state index in [-0.39, 0.29) is 38.8 Å². The van der Waals surface area contributed by atoms with Crippen LogP contribution in [0, 0.1) is 29.3 Å². The number of hydrogen-bond donors (Lipinski definition) is 1. The SMILES string of the molecule is C=C1CCC(C)[C@@H]1CS(=O)(=O)c1cc(C(=O)Nc2cc(F)c(F)c(F)c2)ccc1Cl. The first-order valence-electron chi connectivity index (χ1n) is 9.15. The molecule has 1 amide bonds. The summed E-state index contributed by atoms with van der Waals surface area (Å²) in [5.41, 5.74) is 0.477. The number of rotatable bonds is 5. The predicted molar refractivity (Wildman–Crippen MR) is 109 cm³/mol. The molecule has 0 radical (unpaired) electrons. The monoisotopic (exact) mass is 457 g/mol. The van der Waals surface area contributed by atoms with Crippen molar-refractivity contribution in [1.82, 2.24) is 0 Å². The minimum absolute atomic E-state index is 0.0401. The summed E-state index contributed by atoms with van der Waals surface area (Å²) in [6.07, 6.45) is 1.63. The van der Waals surface area contributed by atoms with Crippen LogP contribution in [-0.4, -0.2) is 20.1 Å². The zero-order chi connectivity index (χ0) is 22.2. The third kappa shape index (κ3) is 4.54. The molecule has 0 aromatic heterocycles. The molecular formula is C21H19ClF3NO3S. The van der Waals surface area contributed by atoms with Gasteiger partial charge in [0.15, 0.2) is 27.3 Å². The molecule has 160 valence electrons. The van der Waals surface area contributed by atoms with Gasteiger partial charge in [0.25, 0.3) is 5.91 Å². The maximum atomic E-state index is 13.4. The fraction of sp³-hybridized carbons (Fsp3) is 0.286. The van der Waals surface area contributed by atoms with Crippen molar-refractivity contribution in [1.29, 1.82) is 0 Å². The Morgan fingerprint density at radius 1 is 1.20 bits per heavy atom. The van der Waals surface area contributed by atoms with Crippen molar-refractivity contribution >= 4 is 33.0 Å². The van der Waals surface area contributed by atoms with Gasteiger partial charge in [0.2, 0.25) is 0 Å². The van der Waals surface area contributed by atoms with Crippen LogP contribution in [-0.2, 0) is 9.84 Å². The third-order valence-corrected chi connectivity index (χ3v) is 7.55. The van der Waals surface area contributed by atoms with Crippen molar-refractivity contribution in [3.8, 4) is 0 Å². The number of amides is 1. The van der Waals surface area contributed by atoms with Gasteiger partial charge in [-0.3, -0.25) is 4.79 Å². The molecule has 0 aliphatic heterocycles. The summed E-state index contributed by atoms with van der Waals surface area (Å²) in [5, 5.41) is 2.17. The van der Waals surface area contributed by atoms with Crippen LogP contribution < -0.4 is 5.32 Å². The molecule has 0 bridgehead atoms. The van der Waals surface area contributed by atoms with Gasteiger partial charge in [-0.2, -0.15) is 0 Å². The van der Waals surface area contributed by atoms with Crippen molar-refractivity contribution in [3.63, 3.8) is 0 Å². The van der Waals surface area contributed by atoms with Crippen LogP contribution in [0.15, 0.2) is 47.4 Å². The van der Waals surface area contributed by atoms with Gasteiger partial charge in [-0.1, -0.05) is 30.7 Å². The molecule has 30 heavy (non-hydrogen) atoms. The summed E-state index contributed by atoms with van der Waals surface area (Å²) >= 11 is 6.09. The lowest BCUT2D eigenvalue weighted by Gasteiger charge is -2.17. The second kappa shape index (κ2) is 8.43. The minimum Gasteiger partial charge on any atom is -0.322 e. The van der Waals surface area contributed by atoms with Crippen molar-refractivity contribution in [2.45, 2.75) is 24.7 Å². The van der Waals surface area contributed by atoms with Gasteiger partial charge >= 0.3 is 0 Å². The number of halogens is 4. The number of hydrogen-bond acceptors (Lipinski definition) is 3. The molecular weight excluding hydrogens is 439 g/mol. The van der Waals surface area contributed by atoms with E-state index >= 15 is 0 Å². The molecule has 0 saturated heterocycles. The molecule has 0 spiro atoms. The van der Waals surface area contributed by atoms with E-state index in [4.69, 9.17) is 11.6 Å². The summed E-state index contributed by atoms with van der Waals surface area (Å²) in [4.78, 5) is 12.3. The summed E-state index contributed by atoms with van der Waals surface area (Å²) in [6.45, 7) is 5.91. The number of carbonyl (C=O) groups excluding carboxylic acids is 1. The molecule has 3 rings (SSSR count). The molecule has 2 aromatic carbocycles. The highest BCUT2D eigenvalue weighted by Crippen LogP contribution is 2.38. The van der Waals surface area contributed by atoms with Gasteiger partial charge in [0.05, 0.1) is 15.7 Å². The maximum Gasteiger partial charge on any atom is 0.255 e. The molecule has 2 atom stereocenters. The van der Waals surface area contributed by atoms with Gasteiger partial charge in [-0.25, -0.2) is 21.6 Å². The molecule has 0 heterocycles. The number of benzene rings is 2. The highest BCUT2D eigenvalue weighted by Gasteiger charge is 2.33. The number of carbonyl (C=O) groups is 1. The van der Waals surface area contributed by atoms with E-state index in [0.29, 0.717) is 12.1 Å².